The van der Waals surface area contributed by atoms with Crippen molar-refractivity contribution in [3.05, 3.63) is 26.8 Å². The molecular weight excluding hydrogens is 296 g/mol. The van der Waals surface area contributed by atoms with Gasteiger partial charge in [-0.3, -0.25) is 0 Å². The van der Waals surface area contributed by atoms with Crippen molar-refractivity contribution in [2.24, 2.45) is 5.73 Å². The summed E-state index contributed by atoms with van der Waals surface area (Å²) in [6.07, 6.45) is -2.90. The van der Waals surface area contributed by atoms with Gasteiger partial charge >= 0.3 is 0 Å². The second kappa shape index (κ2) is 4.23. The van der Waals surface area contributed by atoms with Crippen LogP contribution in [0.5, 0.6) is 0 Å². The highest BCUT2D eigenvalue weighted by Gasteiger charge is 2.18. The number of hydrogen-bond acceptors (Lipinski definition) is 2. The molecular formula is C7H6F3IN2. The van der Waals surface area contributed by atoms with Crippen LogP contribution in [0, 0.1) is 9.52 Å². The van der Waals surface area contributed by atoms with Crippen LogP contribution in [0.1, 0.15) is 17.7 Å². The first-order valence-electron chi connectivity index (χ1n) is 3.39. The average Bonchev–Trinajstić information content (AvgIpc) is 2.08. The molecule has 0 aliphatic rings. The first-order chi connectivity index (χ1) is 6.06. The molecule has 1 aromatic rings. The van der Waals surface area contributed by atoms with Crippen LogP contribution in [0.3, 0.4) is 0 Å². The van der Waals surface area contributed by atoms with Gasteiger partial charge in [0.05, 0.1) is 0 Å². The Kier molecular flexibility index (Phi) is 3.48. The van der Waals surface area contributed by atoms with Crippen molar-refractivity contribution in [3.63, 3.8) is 0 Å². The summed E-state index contributed by atoms with van der Waals surface area (Å²) < 4.78 is 37.7. The van der Waals surface area contributed by atoms with E-state index in [1.165, 1.54) is 6.07 Å². The van der Waals surface area contributed by atoms with E-state index in [1.54, 1.807) is 22.6 Å². The Bertz CT molecular complexity index is 317. The minimum Gasteiger partial charge on any atom is -0.326 e. The molecule has 0 unspecified atom stereocenters. The molecule has 0 spiro atoms. The van der Waals surface area contributed by atoms with Gasteiger partial charge in [0.1, 0.15) is 9.39 Å². The molecule has 0 aliphatic heterocycles. The van der Waals surface area contributed by atoms with E-state index in [2.05, 4.69) is 4.98 Å². The fraction of sp³-hybridized carbons (Fsp3) is 0.286. The van der Waals surface area contributed by atoms with E-state index in [0.29, 0.717) is 3.70 Å². The monoisotopic (exact) mass is 302 g/mol. The number of halogens is 4. The van der Waals surface area contributed by atoms with Crippen molar-refractivity contribution in [2.45, 2.75) is 13.0 Å². The minimum absolute atomic E-state index is 0.0645. The lowest BCUT2D eigenvalue weighted by atomic mass is 10.2. The van der Waals surface area contributed by atoms with Gasteiger partial charge in [0.2, 0.25) is 0 Å². The van der Waals surface area contributed by atoms with Crippen molar-refractivity contribution in [1.82, 2.24) is 4.98 Å². The molecule has 1 rings (SSSR count). The second-order valence-electron chi connectivity index (χ2n) is 2.31. The third-order valence-corrected chi connectivity index (χ3v) is 2.01. The maximum Gasteiger partial charge on any atom is 0.283 e. The highest BCUT2D eigenvalue weighted by Crippen LogP contribution is 2.23. The van der Waals surface area contributed by atoms with E-state index in [-0.39, 0.29) is 12.1 Å². The molecule has 0 saturated carbocycles. The van der Waals surface area contributed by atoms with Gasteiger partial charge in [-0.05, 0) is 28.7 Å². The molecule has 6 heteroatoms. The quantitative estimate of drug-likeness (QED) is 0.672. The van der Waals surface area contributed by atoms with E-state index >= 15 is 0 Å². The van der Waals surface area contributed by atoms with E-state index in [0.717, 1.165) is 0 Å². The largest absolute Gasteiger partial charge is 0.326 e. The Morgan fingerprint density at radius 1 is 1.54 bits per heavy atom. The number of hydrogen-bond donors (Lipinski definition) is 1. The van der Waals surface area contributed by atoms with Gasteiger partial charge < -0.3 is 5.73 Å². The predicted octanol–water partition coefficient (Wildman–Crippen LogP) is 2.22. The van der Waals surface area contributed by atoms with E-state index < -0.39 is 17.9 Å². The zero-order valence-corrected chi connectivity index (χ0v) is 8.56. The summed E-state index contributed by atoms with van der Waals surface area (Å²) in [5.74, 6) is -1.00. The van der Waals surface area contributed by atoms with Crippen LogP contribution in [0.15, 0.2) is 6.07 Å². The van der Waals surface area contributed by atoms with Crippen LogP contribution < -0.4 is 5.73 Å². The topological polar surface area (TPSA) is 38.9 Å². The summed E-state index contributed by atoms with van der Waals surface area (Å²) >= 11 is 1.74. The normalized spacial score (nSPS) is 10.9. The fourth-order valence-electron chi connectivity index (χ4n) is 0.861. The zero-order valence-electron chi connectivity index (χ0n) is 6.40. The number of nitrogens with zero attached hydrogens (tertiary/aromatic N) is 1. The van der Waals surface area contributed by atoms with Crippen molar-refractivity contribution >= 4 is 22.6 Å². The highest BCUT2D eigenvalue weighted by molar-refractivity contribution is 14.1. The smallest absolute Gasteiger partial charge is 0.283 e. The number of pyridine rings is 1. The Morgan fingerprint density at radius 2 is 2.15 bits per heavy atom. The van der Waals surface area contributed by atoms with Crippen molar-refractivity contribution in [1.29, 1.82) is 0 Å². The molecule has 1 heterocycles. The molecule has 0 atom stereocenters. The molecule has 0 aromatic carbocycles. The Balaban J connectivity index is 3.27. The summed E-state index contributed by atoms with van der Waals surface area (Å²) in [6, 6.07) is 1.35. The standard InChI is InChI=1S/C7H6F3IN2/c8-5-3(2-12)1-4(11)13-6(5)7(9)10/h1,7H,2,12H2. The zero-order chi connectivity index (χ0) is 10.0. The van der Waals surface area contributed by atoms with Gasteiger partial charge in [-0.25, -0.2) is 18.2 Å². The van der Waals surface area contributed by atoms with Crippen LogP contribution in [0.4, 0.5) is 13.2 Å². The van der Waals surface area contributed by atoms with Crippen LogP contribution in [-0.2, 0) is 6.54 Å². The molecule has 0 saturated heterocycles. The maximum absolute atomic E-state index is 13.1. The van der Waals surface area contributed by atoms with Crippen molar-refractivity contribution in [2.75, 3.05) is 0 Å². The molecule has 0 radical (unpaired) electrons. The lowest BCUT2D eigenvalue weighted by Crippen LogP contribution is -2.06. The summed E-state index contributed by atoms with van der Waals surface area (Å²) in [5, 5.41) is 0. The van der Waals surface area contributed by atoms with Gasteiger partial charge in [-0.15, -0.1) is 0 Å². The maximum atomic E-state index is 13.1. The Morgan fingerprint density at radius 3 is 2.62 bits per heavy atom. The minimum atomic E-state index is -2.90. The number of aromatic nitrogens is 1. The summed E-state index contributed by atoms with van der Waals surface area (Å²) in [7, 11) is 0. The lowest BCUT2D eigenvalue weighted by Gasteiger charge is -2.05. The summed E-state index contributed by atoms with van der Waals surface area (Å²) in [4.78, 5) is 3.39. The SMILES string of the molecule is NCc1cc(I)nc(C(F)F)c1F. The summed E-state index contributed by atoms with van der Waals surface area (Å²) in [5.41, 5.74) is 4.41. The van der Waals surface area contributed by atoms with Gasteiger partial charge in [-0.1, -0.05) is 0 Å². The van der Waals surface area contributed by atoms with Crippen LogP contribution >= 0.6 is 22.6 Å². The number of rotatable bonds is 2. The van der Waals surface area contributed by atoms with Gasteiger partial charge in [0.15, 0.2) is 5.82 Å². The molecule has 0 bridgehead atoms. The van der Waals surface area contributed by atoms with Crippen LogP contribution in [0.2, 0.25) is 0 Å². The molecule has 0 amide bonds. The number of nitrogens with two attached hydrogens (primary N) is 1. The third-order valence-electron chi connectivity index (χ3n) is 1.45. The predicted molar refractivity (Wildman–Crippen MR) is 49.8 cm³/mol. The Hall–Kier alpha value is -0.370. The number of alkyl halides is 2. The molecule has 0 fully saturated rings. The molecule has 13 heavy (non-hydrogen) atoms. The van der Waals surface area contributed by atoms with Crippen molar-refractivity contribution < 1.29 is 13.2 Å². The first kappa shape index (κ1) is 10.7. The van der Waals surface area contributed by atoms with E-state index in [4.69, 9.17) is 5.73 Å². The Labute approximate surface area is 86.5 Å². The molecule has 2 nitrogen and oxygen atoms in total. The van der Waals surface area contributed by atoms with Gasteiger partial charge in [-0.2, -0.15) is 0 Å². The van der Waals surface area contributed by atoms with Crippen LogP contribution in [-0.4, -0.2) is 4.98 Å². The van der Waals surface area contributed by atoms with Crippen LogP contribution in [0.25, 0.3) is 0 Å². The van der Waals surface area contributed by atoms with E-state index in [9.17, 15) is 13.2 Å². The summed E-state index contributed by atoms with van der Waals surface area (Å²) in [6.45, 7) is -0.107. The molecule has 0 aliphatic carbocycles. The average molecular weight is 302 g/mol. The second-order valence-corrected chi connectivity index (χ2v) is 3.41. The molecule has 2 N–H and O–H groups in total. The first-order valence-corrected chi connectivity index (χ1v) is 4.47. The van der Waals surface area contributed by atoms with E-state index in [1.807, 2.05) is 0 Å². The highest BCUT2D eigenvalue weighted by atomic mass is 127. The third kappa shape index (κ3) is 2.31. The molecule has 1 aromatic heterocycles. The molecule has 72 valence electrons. The lowest BCUT2D eigenvalue weighted by molar-refractivity contribution is 0.140. The van der Waals surface area contributed by atoms with Gasteiger partial charge in [0.25, 0.3) is 6.43 Å². The fourth-order valence-corrected chi connectivity index (χ4v) is 1.50. The van der Waals surface area contributed by atoms with Gasteiger partial charge in [0, 0.05) is 12.1 Å². The van der Waals surface area contributed by atoms with Crippen molar-refractivity contribution in [3.8, 4) is 0 Å².